The Labute approximate surface area is 154 Å². The van der Waals surface area contributed by atoms with Gasteiger partial charge < -0.3 is 49.4 Å². The molecule has 0 aliphatic heterocycles. The number of phosphoric ester groups is 4. The van der Waals surface area contributed by atoms with Gasteiger partial charge in [0.15, 0.2) is 0 Å². The van der Waals surface area contributed by atoms with Crippen LogP contribution in [-0.2, 0) is 36.4 Å². The average molecular weight is 500 g/mol. The summed E-state index contributed by atoms with van der Waals surface area (Å²) in [5, 5.41) is 19.8. The van der Waals surface area contributed by atoms with E-state index >= 15 is 0 Å². The maximum Gasteiger partial charge on any atom is 0.470 e. The zero-order valence-corrected chi connectivity index (χ0v) is 16.6. The molecule has 0 aromatic rings. The van der Waals surface area contributed by atoms with Gasteiger partial charge in [0.1, 0.15) is 36.6 Å². The van der Waals surface area contributed by atoms with Gasteiger partial charge >= 0.3 is 31.3 Å². The van der Waals surface area contributed by atoms with E-state index in [-0.39, 0.29) is 0 Å². The number of hydrogen-bond acceptors (Lipinski definition) is 10. The molecule has 1 rings (SSSR count). The van der Waals surface area contributed by atoms with Gasteiger partial charge in [0.2, 0.25) is 0 Å². The second-order valence-corrected chi connectivity index (χ2v) is 9.99. The Bertz CT molecular complexity index is 664. The van der Waals surface area contributed by atoms with Gasteiger partial charge in [0, 0.05) is 0 Å². The first kappa shape index (κ1) is 26.4. The van der Waals surface area contributed by atoms with Crippen molar-refractivity contribution in [2.45, 2.75) is 36.6 Å². The Balaban J connectivity index is 3.53. The Morgan fingerprint density at radius 2 is 0.607 bits per heavy atom. The summed E-state index contributed by atoms with van der Waals surface area (Å²) < 4.78 is 60.6. The van der Waals surface area contributed by atoms with Crippen LogP contribution in [-0.4, -0.2) is 86.0 Å². The zero-order valence-electron chi connectivity index (χ0n) is 13.0. The fourth-order valence-corrected chi connectivity index (χ4v) is 4.51. The number of rotatable bonds is 8. The molecule has 0 aromatic heterocycles. The van der Waals surface area contributed by atoms with Crippen LogP contribution in [0.4, 0.5) is 0 Å². The van der Waals surface area contributed by atoms with Crippen LogP contribution in [0.15, 0.2) is 0 Å². The van der Waals surface area contributed by atoms with Gasteiger partial charge in [-0.3, -0.25) is 18.1 Å². The van der Waals surface area contributed by atoms with Gasteiger partial charge in [-0.25, -0.2) is 18.3 Å². The zero-order chi connectivity index (χ0) is 22.3. The van der Waals surface area contributed by atoms with Crippen molar-refractivity contribution < 1.29 is 85.7 Å². The number of aliphatic hydroxyl groups excluding tert-OH is 2. The highest BCUT2D eigenvalue weighted by molar-refractivity contribution is 7.47. The SMILES string of the molecule is O=P(O)(O)OC1C(OP(=O)(O)O)[C@H](OP(=O)(O)O)C(OP(=O)(O)O)C(O)[C@H]1O. The fourth-order valence-electron chi connectivity index (χ4n) is 2.27. The molecule has 1 aliphatic carbocycles. The molecular formula is C6H16O18P4. The molecule has 6 atom stereocenters. The smallest absolute Gasteiger partial charge is 0.387 e. The molecule has 0 heterocycles. The lowest BCUT2D eigenvalue weighted by molar-refractivity contribution is -0.209. The van der Waals surface area contributed by atoms with E-state index in [0.717, 1.165) is 0 Å². The Morgan fingerprint density at radius 3 is 0.786 bits per heavy atom. The first-order chi connectivity index (χ1) is 12.2. The molecule has 10 N–H and O–H groups in total. The first-order valence-electron chi connectivity index (χ1n) is 6.52. The first-order valence-corrected chi connectivity index (χ1v) is 12.6. The summed E-state index contributed by atoms with van der Waals surface area (Å²) in [5.41, 5.74) is 0. The average Bonchev–Trinajstić information content (AvgIpc) is 2.39. The highest BCUT2D eigenvalue weighted by atomic mass is 31.2. The van der Waals surface area contributed by atoms with Gasteiger partial charge in [-0.1, -0.05) is 0 Å². The van der Waals surface area contributed by atoms with Gasteiger partial charge in [-0.2, -0.15) is 0 Å². The lowest BCUT2D eigenvalue weighted by atomic mass is 9.85. The summed E-state index contributed by atoms with van der Waals surface area (Å²) >= 11 is 0. The van der Waals surface area contributed by atoms with E-state index in [9.17, 15) is 28.5 Å². The molecule has 0 spiro atoms. The third-order valence-electron chi connectivity index (χ3n) is 3.03. The summed E-state index contributed by atoms with van der Waals surface area (Å²) in [4.78, 5) is 71.1. The number of aliphatic hydroxyl groups is 2. The van der Waals surface area contributed by atoms with E-state index in [1.807, 2.05) is 0 Å². The van der Waals surface area contributed by atoms with Crippen molar-refractivity contribution in [3.8, 4) is 0 Å². The van der Waals surface area contributed by atoms with Gasteiger partial charge in [0.25, 0.3) is 0 Å². The van der Waals surface area contributed by atoms with E-state index in [2.05, 4.69) is 18.1 Å². The molecular weight excluding hydrogens is 484 g/mol. The quantitative estimate of drug-likeness (QED) is 0.145. The van der Waals surface area contributed by atoms with Crippen LogP contribution in [0.25, 0.3) is 0 Å². The summed E-state index contributed by atoms with van der Waals surface area (Å²) in [6.45, 7) is 0. The normalized spacial score (nSPS) is 33.1. The fraction of sp³-hybridized carbons (Fsp3) is 1.00. The van der Waals surface area contributed by atoms with Crippen LogP contribution in [0.2, 0.25) is 0 Å². The summed E-state index contributed by atoms with van der Waals surface area (Å²) in [7, 11) is -22.5. The van der Waals surface area contributed by atoms with Crippen LogP contribution < -0.4 is 0 Å². The molecule has 4 unspecified atom stereocenters. The molecule has 1 fully saturated rings. The lowest BCUT2D eigenvalue weighted by Crippen LogP contribution is -2.65. The van der Waals surface area contributed by atoms with Gasteiger partial charge in [-0.15, -0.1) is 0 Å². The molecule has 18 nitrogen and oxygen atoms in total. The number of hydrogen-bond donors (Lipinski definition) is 10. The largest absolute Gasteiger partial charge is 0.470 e. The van der Waals surface area contributed by atoms with Crippen molar-refractivity contribution in [3.63, 3.8) is 0 Å². The van der Waals surface area contributed by atoms with Gasteiger partial charge in [-0.05, 0) is 0 Å². The van der Waals surface area contributed by atoms with Crippen LogP contribution in [0.1, 0.15) is 0 Å². The predicted octanol–water partition coefficient (Wildman–Crippen LogP) is -3.37. The van der Waals surface area contributed by atoms with Crippen LogP contribution >= 0.6 is 31.3 Å². The van der Waals surface area contributed by atoms with E-state index < -0.39 is 67.9 Å². The molecule has 0 aromatic carbocycles. The lowest BCUT2D eigenvalue weighted by Gasteiger charge is -2.45. The molecule has 0 radical (unpaired) electrons. The molecule has 0 amide bonds. The Morgan fingerprint density at radius 1 is 0.429 bits per heavy atom. The maximum atomic E-state index is 11.1. The topological polar surface area (TPSA) is 308 Å². The van der Waals surface area contributed by atoms with Crippen molar-refractivity contribution in [2.75, 3.05) is 0 Å². The summed E-state index contributed by atoms with van der Waals surface area (Å²) in [6, 6.07) is 0. The molecule has 1 aliphatic rings. The van der Waals surface area contributed by atoms with Crippen molar-refractivity contribution in [2.24, 2.45) is 0 Å². The second-order valence-electron chi connectivity index (χ2n) is 5.22. The van der Waals surface area contributed by atoms with Crippen molar-refractivity contribution >= 4 is 31.3 Å². The third kappa shape index (κ3) is 8.62. The van der Waals surface area contributed by atoms with E-state index in [0.29, 0.717) is 0 Å². The molecule has 1 saturated carbocycles. The predicted molar refractivity (Wildman–Crippen MR) is 79.7 cm³/mol. The van der Waals surface area contributed by atoms with Crippen molar-refractivity contribution in [1.82, 2.24) is 0 Å². The Kier molecular flexibility index (Phi) is 8.34. The second kappa shape index (κ2) is 8.85. The molecule has 22 heteroatoms. The van der Waals surface area contributed by atoms with E-state index in [1.165, 1.54) is 0 Å². The minimum absolute atomic E-state index is 2.60. The third-order valence-corrected chi connectivity index (χ3v) is 5.10. The summed E-state index contributed by atoms with van der Waals surface area (Å²) in [5.74, 6) is 0. The van der Waals surface area contributed by atoms with Crippen LogP contribution in [0, 0.1) is 0 Å². The van der Waals surface area contributed by atoms with Gasteiger partial charge in [0.05, 0.1) is 0 Å². The maximum absolute atomic E-state index is 11.1. The van der Waals surface area contributed by atoms with E-state index in [4.69, 9.17) is 39.1 Å². The highest BCUT2D eigenvalue weighted by Crippen LogP contribution is 2.52. The monoisotopic (exact) mass is 500 g/mol. The Hall–Kier alpha value is 0.360. The van der Waals surface area contributed by atoms with Crippen molar-refractivity contribution in [1.29, 1.82) is 0 Å². The van der Waals surface area contributed by atoms with Crippen molar-refractivity contribution in [3.05, 3.63) is 0 Å². The highest BCUT2D eigenvalue weighted by Gasteiger charge is 2.58. The number of phosphoric acid groups is 4. The minimum Gasteiger partial charge on any atom is -0.387 e. The standard InChI is InChI=1S/C6H16O18P4/c7-1-2(8)4(22-26(12,13)14)6(24-28(18,19)20)5(23-27(15,16)17)3(1)21-25(9,10)11/h1-8H,(H2,9,10,11)(H2,12,13,14)(H2,15,16,17)(H2,18,19,20)/t1-,2?,3?,4?,5?,6-/m1/s1. The molecule has 28 heavy (non-hydrogen) atoms. The molecule has 0 bridgehead atoms. The minimum atomic E-state index is -5.67. The molecule has 168 valence electrons. The molecule has 0 saturated heterocycles. The van der Waals surface area contributed by atoms with E-state index in [1.54, 1.807) is 0 Å². The van der Waals surface area contributed by atoms with Crippen LogP contribution in [0.5, 0.6) is 0 Å². The summed E-state index contributed by atoms with van der Waals surface area (Å²) in [6.07, 6.45) is -15.9. The van der Waals surface area contributed by atoms with Crippen LogP contribution in [0.3, 0.4) is 0 Å².